The van der Waals surface area contributed by atoms with Crippen molar-refractivity contribution in [2.75, 3.05) is 54.7 Å². The van der Waals surface area contributed by atoms with Crippen LogP contribution in [0.15, 0.2) is 30.3 Å². The van der Waals surface area contributed by atoms with Gasteiger partial charge in [0.05, 0.1) is 30.5 Å². The quantitative estimate of drug-likeness (QED) is 0.321. The minimum atomic E-state index is -1.71. The van der Waals surface area contributed by atoms with Crippen LogP contribution in [0.4, 0.5) is 0 Å². The third kappa shape index (κ3) is 3.60. The van der Waals surface area contributed by atoms with Crippen molar-refractivity contribution in [2.45, 2.75) is 80.6 Å². The summed E-state index contributed by atoms with van der Waals surface area (Å²) in [5.74, 6) is -2.18. The summed E-state index contributed by atoms with van der Waals surface area (Å²) in [5.41, 5.74) is -4.00. The Labute approximate surface area is 265 Å². The Bertz CT molecular complexity index is 1280. The number of benzene rings is 1. The zero-order valence-corrected chi connectivity index (χ0v) is 27.1. The summed E-state index contributed by atoms with van der Waals surface area (Å²) in [6.07, 6.45) is -4.41. The second kappa shape index (κ2) is 10.9. The maximum atomic E-state index is 13.8. The summed E-state index contributed by atoms with van der Waals surface area (Å²) in [6, 6.07) is 8.57. The Morgan fingerprint density at radius 2 is 1.73 bits per heavy atom. The van der Waals surface area contributed by atoms with Gasteiger partial charge in [-0.3, -0.25) is 4.90 Å². The van der Waals surface area contributed by atoms with Crippen LogP contribution in [0.5, 0.6) is 0 Å². The van der Waals surface area contributed by atoms with Gasteiger partial charge in [0.1, 0.15) is 29.5 Å². The van der Waals surface area contributed by atoms with Crippen LogP contribution < -0.4 is 0 Å². The van der Waals surface area contributed by atoms with Gasteiger partial charge in [0.2, 0.25) is 0 Å². The molecule has 5 saturated carbocycles. The Morgan fingerprint density at radius 3 is 2.33 bits per heavy atom. The predicted molar refractivity (Wildman–Crippen MR) is 160 cm³/mol. The maximum absolute atomic E-state index is 13.8. The molecule has 15 atom stereocenters. The standard InChI is InChI=1S/C34H49NO10/c1-7-35-16-31(17-40-3)20(36)14-21(41-4)33-19-15-32(39)28(45-30(38)18-12-10-9-11-13-18)22(19)34(44-8-2,27(37)29(32)43-6)23(26(33)35)24(42-5)25(31)33/h9-13,19-29,36-37,39H,7-8,14-17H2,1-6H3/t19-,20-,21?,22-,23+,24+,25-,26-,27?,28-,29+,31+,32+,33+,34-/m1/s1. The van der Waals surface area contributed by atoms with Crippen molar-refractivity contribution in [3.8, 4) is 0 Å². The van der Waals surface area contributed by atoms with E-state index in [2.05, 4.69) is 11.8 Å². The summed E-state index contributed by atoms with van der Waals surface area (Å²) < 4.78 is 38.1. The molecule has 7 bridgehead atoms. The number of hydrogen-bond acceptors (Lipinski definition) is 11. The molecule has 1 heterocycles. The molecule has 1 spiro atoms. The number of nitrogens with zero attached hydrogens (tertiary/aromatic N) is 1. The monoisotopic (exact) mass is 631 g/mol. The van der Waals surface area contributed by atoms with Crippen LogP contribution in [0.25, 0.3) is 0 Å². The summed E-state index contributed by atoms with van der Waals surface area (Å²) in [7, 11) is 6.53. The van der Waals surface area contributed by atoms with Crippen molar-refractivity contribution in [3.63, 3.8) is 0 Å². The lowest BCUT2D eigenvalue weighted by Crippen LogP contribution is -2.81. The molecule has 1 aromatic carbocycles. The molecule has 6 fully saturated rings. The van der Waals surface area contributed by atoms with Crippen LogP contribution in [0.2, 0.25) is 0 Å². The first kappa shape index (κ1) is 31.9. The molecule has 0 radical (unpaired) electrons. The average Bonchev–Trinajstić information content (AvgIpc) is 3.41. The summed E-state index contributed by atoms with van der Waals surface area (Å²) in [5, 5.41) is 37.3. The van der Waals surface area contributed by atoms with E-state index in [1.807, 2.05) is 13.0 Å². The molecule has 2 unspecified atom stereocenters. The molecule has 11 heteroatoms. The summed E-state index contributed by atoms with van der Waals surface area (Å²) >= 11 is 0. The third-order valence-electron chi connectivity index (χ3n) is 13.2. The number of hydrogen-bond donors (Lipinski definition) is 3. The first-order valence-electron chi connectivity index (χ1n) is 16.4. The first-order valence-corrected chi connectivity index (χ1v) is 16.4. The highest BCUT2D eigenvalue weighted by atomic mass is 16.6. The van der Waals surface area contributed by atoms with E-state index in [1.165, 1.54) is 7.11 Å². The largest absolute Gasteiger partial charge is 0.455 e. The van der Waals surface area contributed by atoms with Crippen molar-refractivity contribution < 1.29 is 48.5 Å². The Balaban J connectivity index is 1.51. The SMILES string of the molecule is CCO[C@]12C(O)[C@H](OC)[C@]3(O)C[C@H]([C@@H]1[C@H]3OC(=O)c1ccccc1)[C@@]13C(OC)C[C@@H](O)[C@@]4(COC)CN(CC)[C@@H]1[C@@H]2[C@H](OC)[C@H]43. The van der Waals surface area contributed by atoms with Gasteiger partial charge in [-0.25, -0.2) is 4.79 Å². The van der Waals surface area contributed by atoms with E-state index in [1.54, 1.807) is 45.6 Å². The molecule has 1 aromatic rings. The number of aliphatic hydroxyl groups excluding tert-OH is 2. The van der Waals surface area contributed by atoms with Crippen LogP contribution >= 0.6 is 0 Å². The highest BCUT2D eigenvalue weighted by Crippen LogP contribution is 2.80. The van der Waals surface area contributed by atoms with Crippen molar-refractivity contribution in [2.24, 2.45) is 34.5 Å². The van der Waals surface area contributed by atoms with Crippen LogP contribution in [0, 0.1) is 34.5 Å². The third-order valence-corrected chi connectivity index (χ3v) is 13.2. The van der Waals surface area contributed by atoms with E-state index in [0.29, 0.717) is 31.7 Å². The number of piperidine rings is 1. The second-order valence-corrected chi connectivity index (χ2v) is 14.3. The van der Waals surface area contributed by atoms with E-state index < -0.39 is 76.5 Å². The lowest BCUT2D eigenvalue weighted by molar-refractivity contribution is -0.330. The van der Waals surface area contributed by atoms with Gasteiger partial charge in [0, 0.05) is 82.6 Å². The van der Waals surface area contributed by atoms with Gasteiger partial charge < -0.3 is 43.7 Å². The fraction of sp³-hybridized carbons (Fsp3) is 0.794. The van der Waals surface area contributed by atoms with E-state index in [0.717, 1.165) is 0 Å². The van der Waals surface area contributed by atoms with Crippen molar-refractivity contribution in [1.29, 1.82) is 0 Å². The minimum absolute atomic E-state index is 0.175. The first-order chi connectivity index (χ1) is 21.6. The molecule has 11 nitrogen and oxygen atoms in total. The Morgan fingerprint density at radius 1 is 1.00 bits per heavy atom. The molecular weight excluding hydrogens is 582 g/mol. The molecule has 7 rings (SSSR count). The van der Waals surface area contributed by atoms with Gasteiger partial charge >= 0.3 is 5.97 Å². The number of esters is 1. The zero-order valence-electron chi connectivity index (χ0n) is 27.1. The molecule has 0 aromatic heterocycles. The van der Waals surface area contributed by atoms with Gasteiger partial charge in [0.25, 0.3) is 0 Å². The van der Waals surface area contributed by atoms with Crippen LogP contribution in [0.1, 0.15) is 37.0 Å². The Kier molecular flexibility index (Phi) is 7.75. The number of aliphatic hydroxyl groups is 3. The number of methoxy groups -OCH3 is 4. The number of ether oxygens (including phenoxy) is 6. The van der Waals surface area contributed by atoms with Gasteiger partial charge in [-0.1, -0.05) is 25.1 Å². The topological polar surface area (TPSA) is 136 Å². The van der Waals surface area contributed by atoms with Gasteiger partial charge in [-0.2, -0.15) is 0 Å². The zero-order chi connectivity index (χ0) is 32.1. The average molecular weight is 632 g/mol. The molecule has 6 aliphatic rings. The number of carbonyl (C=O) groups is 1. The summed E-state index contributed by atoms with van der Waals surface area (Å²) in [4.78, 5) is 16.2. The molecule has 3 N–H and O–H groups in total. The molecule has 0 amide bonds. The lowest BCUT2D eigenvalue weighted by atomic mass is 9.42. The normalized spacial score (nSPS) is 50.9. The number of fused-ring (bicyclic) bond motifs is 2. The van der Waals surface area contributed by atoms with Crippen LogP contribution in [-0.4, -0.2) is 135 Å². The van der Waals surface area contributed by atoms with Crippen molar-refractivity contribution >= 4 is 5.97 Å². The van der Waals surface area contributed by atoms with E-state index >= 15 is 0 Å². The molecule has 1 saturated heterocycles. The lowest BCUT2D eigenvalue weighted by Gasteiger charge is -2.70. The van der Waals surface area contributed by atoms with Crippen molar-refractivity contribution in [1.82, 2.24) is 4.90 Å². The Hall–Kier alpha value is -1.67. The maximum Gasteiger partial charge on any atom is 0.338 e. The second-order valence-electron chi connectivity index (χ2n) is 14.3. The van der Waals surface area contributed by atoms with Gasteiger partial charge in [0.15, 0.2) is 0 Å². The van der Waals surface area contributed by atoms with Crippen LogP contribution in [0.3, 0.4) is 0 Å². The molecule has 250 valence electrons. The number of carbonyl (C=O) groups excluding carboxylic acids is 1. The minimum Gasteiger partial charge on any atom is -0.455 e. The molecule has 1 aliphatic heterocycles. The highest BCUT2D eigenvalue weighted by Gasteiger charge is 2.91. The molecular formula is C34H49NO10. The van der Waals surface area contributed by atoms with Crippen molar-refractivity contribution in [3.05, 3.63) is 35.9 Å². The number of likely N-dealkylation sites (tertiary alicyclic amines) is 1. The summed E-state index contributed by atoms with van der Waals surface area (Å²) in [6.45, 7) is 5.86. The fourth-order valence-corrected chi connectivity index (χ4v) is 12.4. The van der Waals surface area contributed by atoms with Crippen LogP contribution in [-0.2, 0) is 28.4 Å². The smallest absolute Gasteiger partial charge is 0.338 e. The van der Waals surface area contributed by atoms with Gasteiger partial charge in [-0.05, 0) is 37.9 Å². The van der Waals surface area contributed by atoms with Gasteiger partial charge in [-0.15, -0.1) is 0 Å². The predicted octanol–water partition coefficient (Wildman–Crippen LogP) is 1.12. The fourth-order valence-electron chi connectivity index (χ4n) is 12.4. The van der Waals surface area contributed by atoms with E-state index in [4.69, 9.17) is 28.4 Å². The highest BCUT2D eigenvalue weighted by molar-refractivity contribution is 5.89. The van der Waals surface area contributed by atoms with E-state index in [-0.39, 0.29) is 30.9 Å². The number of rotatable bonds is 10. The molecule has 5 aliphatic carbocycles. The van der Waals surface area contributed by atoms with E-state index in [9.17, 15) is 20.1 Å². The molecule has 45 heavy (non-hydrogen) atoms.